The van der Waals surface area contributed by atoms with Gasteiger partial charge >= 0.3 is 5.69 Å². The quantitative estimate of drug-likeness (QED) is 0.566. The van der Waals surface area contributed by atoms with Crippen LogP contribution in [-0.2, 0) is 24.4 Å². The molecule has 160 valence electrons. The lowest BCUT2D eigenvalue weighted by atomic mass is 9.92. The second-order valence-corrected chi connectivity index (χ2v) is 8.66. The standard InChI is InChI=1S/C21H28N6O3/c1-13-14(5-6-16(22)24-13)11-23-17(28)12-26-9-7-15-18(19(26)29)25-20(30)27(15)10-8-21(2,3)4/h5-7,9H,8,10-12H2,1-4H3,(H2,22,24)(H,23,28)(H,25,30). The van der Waals surface area contributed by atoms with Gasteiger partial charge in [-0.05, 0) is 36.5 Å². The molecule has 0 aliphatic rings. The highest BCUT2D eigenvalue weighted by atomic mass is 16.2. The first-order valence-electron chi connectivity index (χ1n) is 9.86. The highest BCUT2D eigenvalue weighted by Gasteiger charge is 2.16. The minimum absolute atomic E-state index is 0.0639. The number of aromatic amines is 1. The molecule has 0 saturated carbocycles. The predicted octanol–water partition coefficient (Wildman–Crippen LogP) is 1.53. The third kappa shape index (κ3) is 4.79. The Morgan fingerprint density at radius 3 is 2.63 bits per heavy atom. The molecule has 9 nitrogen and oxygen atoms in total. The Morgan fingerprint density at radius 2 is 1.97 bits per heavy atom. The van der Waals surface area contributed by atoms with Crippen molar-refractivity contribution < 1.29 is 4.79 Å². The summed E-state index contributed by atoms with van der Waals surface area (Å²) in [6.45, 7) is 8.76. The van der Waals surface area contributed by atoms with Gasteiger partial charge < -0.3 is 20.6 Å². The Kier molecular flexibility index (Phi) is 5.82. The molecule has 0 radical (unpaired) electrons. The van der Waals surface area contributed by atoms with Crippen LogP contribution in [0.5, 0.6) is 0 Å². The highest BCUT2D eigenvalue weighted by Crippen LogP contribution is 2.20. The fourth-order valence-electron chi connectivity index (χ4n) is 3.19. The minimum Gasteiger partial charge on any atom is -0.384 e. The third-order valence-electron chi connectivity index (χ3n) is 5.00. The van der Waals surface area contributed by atoms with Gasteiger partial charge in [0, 0.05) is 25.0 Å². The number of amides is 1. The number of nitrogens with zero attached hydrogens (tertiary/aromatic N) is 3. The van der Waals surface area contributed by atoms with E-state index < -0.39 is 5.56 Å². The van der Waals surface area contributed by atoms with Crippen molar-refractivity contribution in [3.63, 3.8) is 0 Å². The predicted molar refractivity (Wildman–Crippen MR) is 116 cm³/mol. The molecule has 0 fully saturated rings. The number of carbonyl (C=O) groups excluding carboxylic acids is 1. The van der Waals surface area contributed by atoms with Crippen LogP contribution in [0.4, 0.5) is 5.82 Å². The molecular weight excluding hydrogens is 384 g/mol. The van der Waals surface area contributed by atoms with E-state index in [-0.39, 0.29) is 35.6 Å². The zero-order valence-corrected chi connectivity index (χ0v) is 17.8. The van der Waals surface area contributed by atoms with Crippen LogP contribution in [0, 0.1) is 12.3 Å². The van der Waals surface area contributed by atoms with E-state index in [2.05, 4.69) is 36.1 Å². The number of H-pyrrole nitrogens is 1. The molecule has 0 unspecified atom stereocenters. The molecule has 0 atom stereocenters. The van der Waals surface area contributed by atoms with Crippen molar-refractivity contribution in [3.8, 4) is 0 Å². The number of anilines is 1. The maximum absolute atomic E-state index is 12.8. The van der Waals surface area contributed by atoms with E-state index in [1.165, 1.54) is 4.57 Å². The van der Waals surface area contributed by atoms with Gasteiger partial charge in [0.1, 0.15) is 17.9 Å². The lowest BCUT2D eigenvalue weighted by Gasteiger charge is -2.18. The number of fused-ring (bicyclic) bond motifs is 1. The minimum atomic E-state index is -0.403. The summed E-state index contributed by atoms with van der Waals surface area (Å²) in [7, 11) is 0. The Bertz CT molecular complexity index is 1200. The Morgan fingerprint density at radius 1 is 1.23 bits per heavy atom. The number of aryl methyl sites for hydroxylation is 2. The second kappa shape index (κ2) is 8.17. The Labute approximate surface area is 173 Å². The van der Waals surface area contributed by atoms with Gasteiger partial charge in [0.15, 0.2) is 0 Å². The normalized spacial score (nSPS) is 11.7. The lowest BCUT2D eigenvalue weighted by molar-refractivity contribution is -0.121. The molecule has 0 spiro atoms. The van der Waals surface area contributed by atoms with Crippen molar-refractivity contribution in [3.05, 3.63) is 56.5 Å². The van der Waals surface area contributed by atoms with E-state index in [9.17, 15) is 14.4 Å². The van der Waals surface area contributed by atoms with Gasteiger partial charge in [0.25, 0.3) is 5.56 Å². The molecule has 0 aliphatic heterocycles. The average molecular weight is 412 g/mol. The molecule has 3 rings (SSSR count). The number of carbonyl (C=O) groups is 1. The third-order valence-corrected chi connectivity index (χ3v) is 5.00. The summed E-state index contributed by atoms with van der Waals surface area (Å²) in [6, 6.07) is 5.17. The van der Waals surface area contributed by atoms with E-state index >= 15 is 0 Å². The summed E-state index contributed by atoms with van der Waals surface area (Å²) in [5.74, 6) is 0.105. The van der Waals surface area contributed by atoms with Crippen LogP contribution < -0.4 is 22.3 Å². The van der Waals surface area contributed by atoms with Crippen molar-refractivity contribution in [2.75, 3.05) is 5.73 Å². The van der Waals surface area contributed by atoms with Gasteiger partial charge in [-0.1, -0.05) is 26.8 Å². The molecule has 30 heavy (non-hydrogen) atoms. The van der Waals surface area contributed by atoms with Crippen LogP contribution >= 0.6 is 0 Å². The second-order valence-electron chi connectivity index (χ2n) is 8.66. The number of imidazole rings is 1. The molecule has 1 amide bonds. The summed E-state index contributed by atoms with van der Waals surface area (Å²) < 4.78 is 2.86. The van der Waals surface area contributed by atoms with Gasteiger partial charge in [-0.15, -0.1) is 0 Å². The number of pyridine rings is 2. The van der Waals surface area contributed by atoms with Gasteiger partial charge in [-0.3, -0.25) is 14.2 Å². The molecule has 0 bridgehead atoms. The molecule has 3 aromatic rings. The van der Waals surface area contributed by atoms with E-state index in [0.717, 1.165) is 17.7 Å². The Balaban J connectivity index is 1.75. The average Bonchev–Trinajstić information content (AvgIpc) is 2.97. The molecule has 0 saturated heterocycles. The monoisotopic (exact) mass is 412 g/mol. The lowest BCUT2D eigenvalue weighted by Crippen LogP contribution is -2.32. The number of nitrogens with two attached hydrogens (primary N) is 1. The molecule has 3 heterocycles. The maximum Gasteiger partial charge on any atom is 0.326 e. The van der Waals surface area contributed by atoms with E-state index in [4.69, 9.17) is 5.73 Å². The first-order chi connectivity index (χ1) is 14.0. The summed E-state index contributed by atoms with van der Waals surface area (Å²) in [4.78, 5) is 44.2. The number of rotatable bonds is 6. The van der Waals surface area contributed by atoms with Gasteiger partial charge in [0.2, 0.25) is 5.91 Å². The maximum atomic E-state index is 12.8. The first kappa shape index (κ1) is 21.4. The van der Waals surface area contributed by atoms with Crippen LogP contribution in [-0.4, -0.2) is 25.0 Å². The van der Waals surface area contributed by atoms with E-state index in [1.54, 1.807) is 29.0 Å². The molecule has 4 N–H and O–H groups in total. The van der Waals surface area contributed by atoms with Crippen LogP contribution in [0.3, 0.4) is 0 Å². The largest absolute Gasteiger partial charge is 0.384 e. The van der Waals surface area contributed by atoms with Gasteiger partial charge in [0.05, 0.1) is 5.52 Å². The number of nitrogens with one attached hydrogen (secondary N) is 2. The first-order valence-corrected chi connectivity index (χ1v) is 9.86. The molecule has 3 aromatic heterocycles. The van der Waals surface area contributed by atoms with Crippen LogP contribution in [0.25, 0.3) is 11.0 Å². The van der Waals surface area contributed by atoms with Crippen LogP contribution in [0.15, 0.2) is 34.0 Å². The van der Waals surface area contributed by atoms with Gasteiger partial charge in [-0.2, -0.15) is 0 Å². The number of hydrogen-bond acceptors (Lipinski definition) is 5. The fraction of sp³-hybridized carbons (Fsp3) is 0.429. The zero-order chi connectivity index (χ0) is 22.1. The van der Waals surface area contributed by atoms with E-state index in [0.29, 0.717) is 17.9 Å². The summed E-state index contributed by atoms with van der Waals surface area (Å²) in [6.07, 6.45) is 2.34. The number of nitrogen functional groups attached to an aromatic ring is 1. The Hall–Kier alpha value is -3.36. The molecule has 0 aliphatic carbocycles. The molecular formula is C21H28N6O3. The zero-order valence-electron chi connectivity index (χ0n) is 17.8. The molecule has 9 heteroatoms. The topological polar surface area (TPSA) is 128 Å². The van der Waals surface area contributed by atoms with Crippen molar-refractivity contribution >= 4 is 22.8 Å². The summed E-state index contributed by atoms with van der Waals surface area (Å²) >= 11 is 0. The van der Waals surface area contributed by atoms with Crippen molar-refractivity contribution in [2.24, 2.45) is 5.41 Å². The van der Waals surface area contributed by atoms with E-state index in [1.807, 2.05) is 6.92 Å². The summed E-state index contributed by atoms with van der Waals surface area (Å²) in [5.41, 5.74) is 7.33. The van der Waals surface area contributed by atoms with Crippen LogP contribution in [0.2, 0.25) is 0 Å². The number of hydrogen-bond donors (Lipinski definition) is 3. The SMILES string of the molecule is Cc1nc(N)ccc1CNC(=O)Cn1ccc2c([nH]c(=O)n2CCC(C)(C)C)c1=O. The number of aromatic nitrogens is 4. The highest BCUT2D eigenvalue weighted by molar-refractivity contribution is 5.77. The fourth-order valence-corrected chi connectivity index (χ4v) is 3.19. The summed E-state index contributed by atoms with van der Waals surface area (Å²) in [5, 5.41) is 2.78. The molecule has 0 aromatic carbocycles. The van der Waals surface area contributed by atoms with Crippen LogP contribution in [0.1, 0.15) is 38.4 Å². The van der Waals surface area contributed by atoms with Crippen molar-refractivity contribution in [1.29, 1.82) is 0 Å². The smallest absolute Gasteiger partial charge is 0.326 e. The van der Waals surface area contributed by atoms with Crippen molar-refractivity contribution in [1.82, 2.24) is 24.4 Å². The van der Waals surface area contributed by atoms with Gasteiger partial charge in [-0.25, -0.2) is 9.78 Å². The van der Waals surface area contributed by atoms with Crippen molar-refractivity contribution in [2.45, 2.75) is 53.8 Å².